The first-order chi connectivity index (χ1) is 26.1. The summed E-state index contributed by atoms with van der Waals surface area (Å²) >= 11 is 1.52. The fraction of sp³-hybridized carbons (Fsp3) is 0.209. The van der Waals surface area contributed by atoms with Crippen LogP contribution < -0.4 is 37.9 Å². The molecule has 6 aromatic carbocycles. The number of nitrogens with one attached hydrogen (secondary N) is 7. The first-order valence-electron chi connectivity index (χ1n) is 18.5. The number of fused-ring (bicyclic) bond motifs is 2. The van der Waals surface area contributed by atoms with Gasteiger partial charge in [0.1, 0.15) is 5.01 Å². The topological polar surface area (TPSA) is 110 Å². The van der Waals surface area contributed by atoms with E-state index in [1.165, 1.54) is 41.5 Å². The molecule has 1 atom stereocenters. The van der Waals surface area contributed by atoms with Gasteiger partial charge in [-0.2, -0.15) is 0 Å². The summed E-state index contributed by atoms with van der Waals surface area (Å²) < 4.78 is 0. The van der Waals surface area contributed by atoms with Crippen LogP contribution in [0.4, 0.5) is 39.3 Å². The molecule has 7 aromatic rings. The monoisotopic (exact) mass is 721 g/mol. The Hall–Kier alpha value is -6.00. The van der Waals surface area contributed by atoms with Crippen molar-refractivity contribution in [3.05, 3.63) is 127 Å². The Morgan fingerprint density at radius 1 is 0.528 bits per heavy atom. The maximum Gasteiger partial charge on any atom is 0.224 e. The molecule has 0 saturated heterocycles. The molecule has 7 rings (SSSR count). The second kappa shape index (κ2) is 17.0. The van der Waals surface area contributed by atoms with Gasteiger partial charge in [0.25, 0.3) is 0 Å². The van der Waals surface area contributed by atoms with Crippen molar-refractivity contribution in [2.45, 2.75) is 58.9 Å². The predicted octanol–water partition coefficient (Wildman–Crippen LogP) is 11.8. The van der Waals surface area contributed by atoms with E-state index in [9.17, 15) is 0 Å². The lowest BCUT2D eigenvalue weighted by molar-refractivity contribution is 0.717. The largest absolute Gasteiger partial charge is 0.382 e. The van der Waals surface area contributed by atoms with E-state index in [2.05, 4.69) is 166 Å². The number of anilines is 7. The molecule has 0 aliphatic heterocycles. The van der Waals surface area contributed by atoms with Crippen molar-refractivity contribution in [3.8, 4) is 10.6 Å². The number of aromatic nitrogens is 2. The average Bonchev–Trinajstić information content (AvgIpc) is 3.69. The molecule has 9 nitrogen and oxygen atoms in total. The molecule has 1 heterocycles. The van der Waals surface area contributed by atoms with E-state index >= 15 is 0 Å². The summed E-state index contributed by atoms with van der Waals surface area (Å²) in [5.41, 5.74) is 28.5. The fourth-order valence-corrected chi connectivity index (χ4v) is 6.94. The summed E-state index contributed by atoms with van der Waals surface area (Å²) in [4.78, 5) is 0. The van der Waals surface area contributed by atoms with Gasteiger partial charge in [-0.05, 0) is 80.3 Å². The molecular formula is C43H47N9S. The molecule has 0 bridgehead atoms. The number of hydrogen-bond acceptors (Lipinski definition) is 10. The van der Waals surface area contributed by atoms with Gasteiger partial charge in [0.05, 0.1) is 28.4 Å². The number of unbranched alkanes of at least 4 members (excludes halogenated alkanes) is 2. The number of aryl methyl sites for hydroxylation is 1. The summed E-state index contributed by atoms with van der Waals surface area (Å²) in [7, 11) is 0. The standard InChI is InChI=1S/C43H47N9S/c1-4-6-7-12-30-17-19-31(20-18-30)42-50-52-43(53-42)51-46-33-23-21-32(22-24-33)45-47-39-27-28-41(37-16-11-10-15-36(37)39)49-48-40-26-25-38(44-29(3)5-2)34-13-8-9-14-35(34)40/h8-11,13-29,44-49H,4-7,12H2,1-3H3,(H,51,52). The Bertz CT molecular complexity index is 2250. The lowest BCUT2D eigenvalue weighted by atomic mass is 10.1. The maximum absolute atomic E-state index is 4.38. The van der Waals surface area contributed by atoms with Crippen LogP contribution in [0.5, 0.6) is 0 Å². The highest BCUT2D eigenvalue weighted by molar-refractivity contribution is 7.18. The molecule has 1 aromatic heterocycles. The maximum atomic E-state index is 4.38. The van der Waals surface area contributed by atoms with Gasteiger partial charge in [-0.3, -0.25) is 10.9 Å². The summed E-state index contributed by atoms with van der Waals surface area (Å²) in [6, 6.07) is 42.4. The molecule has 0 fully saturated rings. The number of nitrogens with zero attached hydrogens (tertiary/aromatic N) is 2. The van der Waals surface area contributed by atoms with Crippen LogP contribution in [0.25, 0.3) is 32.1 Å². The number of rotatable bonds is 17. The smallest absolute Gasteiger partial charge is 0.224 e. The van der Waals surface area contributed by atoms with Gasteiger partial charge in [0, 0.05) is 38.8 Å². The Morgan fingerprint density at radius 2 is 1.04 bits per heavy atom. The van der Waals surface area contributed by atoms with Crippen molar-refractivity contribution >= 4 is 72.1 Å². The molecule has 0 spiro atoms. The second-order valence-corrected chi connectivity index (χ2v) is 14.2. The van der Waals surface area contributed by atoms with Gasteiger partial charge in [0.2, 0.25) is 5.13 Å². The molecule has 0 saturated carbocycles. The fourth-order valence-electron chi connectivity index (χ4n) is 6.24. The van der Waals surface area contributed by atoms with Crippen LogP contribution in [0.15, 0.2) is 121 Å². The Morgan fingerprint density at radius 3 is 1.58 bits per heavy atom. The molecule has 1 unspecified atom stereocenters. The van der Waals surface area contributed by atoms with Gasteiger partial charge >= 0.3 is 0 Å². The summed E-state index contributed by atoms with van der Waals surface area (Å²) in [6.45, 7) is 6.64. The van der Waals surface area contributed by atoms with Crippen LogP contribution in [0.3, 0.4) is 0 Å². The van der Waals surface area contributed by atoms with Crippen molar-refractivity contribution in [2.75, 3.05) is 37.9 Å². The van der Waals surface area contributed by atoms with Gasteiger partial charge in [-0.25, -0.2) is 0 Å². The lowest BCUT2D eigenvalue weighted by Crippen LogP contribution is -2.14. The van der Waals surface area contributed by atoms with E-state index in [1.807, 2.05) is 24.3 Å². The summed E-state index contributed by atoms with van der Waals surface area (Å²) in [5.74, 6) is 0. The van der Waals surface area contributed by atoms with Crippen LogP contribution in [0.2, 0.25) is 0 Å². The molecule has 53 heavy (non-hydrogen) atoms. The quantitative estimate of drug-likeness (QED) is 0.0365. The third-order valence-electron chi connectivity index (χ3n) is 9.43. The SMILES string of the molecule is CCCCCc1ccc(-c2nnc(NNc3ccc(NNc4ccc(NNc5ccc(NC(C)CC)c6ccccc56)c5ccccc45)cc3)s2)cc1. The minimum Gasteiger partial charge on any atom is -0.382 e. The van der Waals surface area contributed by atoms with E-state index in [-0.39, 0.29) is 0 Å². The molecule has 0 aliphatic carbocycles. The zero-order valence-corrected chi connectivity index (χ0v) is 31.3. The highest BCUT2D eigenvalue weighted by atomic mass is 32.1. The van der Waals surface area contributed by atoms with Crippen LogP contribution in [-0.4, -0.2) is 16.2 Å². The summed E-state index contributed by atoms with van der Waals surface area (Å²) in [5, 5.41) is 18.5. The van der Waals surface area contributed by atoms with E-state index in [0.717, 1.165) is 73.7 Å². The third-order valence-corrected chi connectivity index (χ3v) is 10.3. The minimum absolute atomic E-state index is 0.401. The van der Waals surface area contributed by atoms with Crippen LogP contribution in [0.1, 0.15) is 52.0 Å². The first kappa shape index (κ1) is 35.4. The van der Waals surface area contributed by atoms with Crippen LogP contribution >= 0.6 is 11.3 Å². The van der Waals surface area contributed by atoms with Crippen molar-refractivity contribution in [1.82, 2.24) is 10.2 Å². The Labute approximate surface area is 315 Å². The zero-order chi connectivity index (χ0) is 36.4. The normalized spacial score (nSPS) is 11.6. The lowest BCUT2D eigenvalue weighted by Gasteiger charge is -2.19. The predicted molar refractivity (Wildman–Crippen MR) is 228 cm³/mol. The van der Waals surface area contributed by atoms with Gasteiger partial charge in [-0.15, -0.1) is 10.2 Å². The van der Waals surface area contributed by atoms with E-state index < -0.39 is 0 Å². The molecule has 7 N–H and O–H groups in total. The van der Waals surface area contributed by atoms with Gasteiger partial charge in [0.15, 0.2) is 0 Å². The highest BCUT2D eigenvalue weighted by Gasteiger charge is 2.11. The van der Waals surface area contributed by atoms with Gasteiger partial charge in [-0.1, -0.05) is 111 Å². The molecule has 10 heteroatoms. The average molecular weight is 722 g/mol. The zero-order valence-electron chi connectivity index (χ0n) is 30.5. The van der Waals surface area contributed by atoms with Crippen molar-refractivity contribution in [2.24, 2.45) is 0 Å². The highest BCUT2D eigenvalue weighted by Crippen LogP contribution is 2.34. The van der Waals surface area contributed by atoms with E-state index in [0.29, 0.717) is 11.2 Å². The Balaban J connectivity index is 0.947. The third kappa shape index (κ3) is 8.73. The molecular weight excluding hydrogens is 675 g/mol. The molecule has 0 radical (unpaired) electrons. The van der Waals surface area contributed by atoms with Crippen molar-refractivity contribution in [1.29, 1.82) is 0 Å². The number of benzene rings is 6. The number of hydrogen-bond donors (Lipinski definition) is 7. The van der Waals surface area contributed by atoms with Crippen LogP contribution in [0, 0.1) is 0 Å². The number of hydrazine groups is 3. The molecule has 0 aliphatic rings. The second-order valence-electron chi connectivity index (χ2n) is 13.3. The van der Waals surface area contributed by atoms with Crippen molar-refractivity contribution < 1.29 is 0 Å². The Kier molecular flexibility index (Phi) is 11.4. The molecule has 0 amide bonds. The summed E-state index contributed by atoms with van der Waals surface area (Å²) in [6.07, 6.45) is 5.92. The van der Waals surface area contributed by atoms with Crippen LogP contribution in [-0.2, 0) is 6.42 Å². The van der Waals surface area contributed by atoms with Crippen molar-refractivity contribution in [3.63, 3.8) is 0 Å². The van der Waals surface area contributed by atoms with E-state index in [4.69, 9.17) is 0 Å². The minimum atomic E-state index is 0.401. The van der Waals surface area contributed by atoms with Gasteiger partial charge < -0.3 is 27.0 Å². The van der Waals surface area contributed by atoms with E-state index in [1.54, 1.807) is 0 Å². The molecule has 270 valence electrons. The first-order valence-corrected chi connectivity index (χ1v) is 19.3.